The highest BCUT2D eigenvalue weighted by atomic mass is 31.3. The molecule has 24 heteroatoms. The molecule has 2 aromatic rings. The van der Waals surface area contributed by atoms with Crippen molar-refractivity contribution >= 4 is 40.4 Å². The predicted octanol–water partition coefficient (Wildman–Crippen LogP) is -0.0992. The quantitative estimate of drug-likeness (QED) is 0.0571. The van der Waals surface area contributed by atoms with E-state index in [-0.39, 0.29) is 35.5 Å². The molecule has 0 bridgehead atoms. The predicted molar refractivity (Wildman–Crippen MR) is 128 cm³/mol. The maximum Gasteiger partial charge on any atom is 0.490 e. The van der Waals surface area contributed by atoms with Crippen molar-refractivity contribution in [3.8, 4) is 11.8 Å². The molecule has 5 atom stereocenters. The monoisotopic (exact) mass is 614 g/mol. The number of azide groups is 1. The number of fused-ring (bicyclic) bond motifs is 1. The van der Waals surface area contributed by atoms with Crippen LogP contribution in [0, 0.1) is 11.8 Å². The van der Waals surface area contributed by atoms with Gasteiger partial charge in [-0.1, -0.05) is 17.0 Å². The molecule has 3 heterocycles. The minimum atomic E-state index is -5.74. The van der Waals surface area contributed by atoms with Crippen molar-refractivity contribution in [2.75, 3.05) is 25.6 Å². The lowest BCUT2D eigenvalue weighted by Gasteiger charge is -2.21. The Hall–Kier alpha value is -2.62. The van der Waals surface area contributed by atoms with E-state index in [1.165, 1.54) is 10.8 Å². The Morgan fingerprint density at radius 2 is 2.00 bits per heavy atom. The number of hydrogen-bond donors (Lipinski definition) is 7. The molecular weight excluding hydrogens is 593 g/mol. The first kappa shape index (κ1) is 30.9. The number of H-pyrrole nitrogens is 1. The Bertz CT molecular complexity index is 1540. The summed E-state index contributed by atoms with van der Waals surface area (Å²) in [6, 6.07) is 0. The number of anilines is 1. The average molecular weight is 614 g/mol. The number of phosphoric acid groups is 3. The molecule has 0 amide bonds. The standard InChI is InChI=1S/C15H21N8O13P3/c16-3-1-2-8-5-23(13-12(8)14(24)21-15(17)20-13)11-4-9(32-7-19-22-18)10(34-11)6-33-38(28,29)36-39(30,31)35-37(25,26)27/h5,9-11H,3-4,6-7,16H2,(H,28,29)(H,30,31)(H2,25,26,27)(H3,17,20,21,24). The van der Waals surface area contributed by atoms with Gasteiger partial charge < -0.3 is 45.1 Å². The zero-order valence-corrected chi connectivity index (χ0v) is 22.0. The third-order valence-electron chi connectivity index (χ3n) is 4.74. The molecule has 5 unspecified atom stereocenters. The number of nitrogen functional groups attached to an aromatic ring is 1. The number of hydrogen-bond acceptors (Lipinski definition) is 13. The second-order valence-electron chi connectivity index (χ2n) is 7.42. The Morgan fingerprint density at radius 1 is 1.28 bits per heavy atom. The van der Waals surface area contributed by atoms with Crippen molar-refractivity contribution in [3.63, 3.8) is 0 Å². The van der Waals surface area contributed by atoms with Crippen LogP contribution in [-0.4, -0.2) is 66.2 Å². The molecule has 3 rings (SSSR count). The normalized spacial score (nSPS) is 22.4. The van der Waals surface area contributed by atoms with Crippen molar-refractivity contribution in [1.29, 1.82) is 0 Å². The lowest BCUT2D eigenvalue weighted by atomic mass is 10.2. The Balaban J connectivity index is 1.87. The molecule has 1 saturated heterocycles. The van der Waals surface area contributed by atoms with Gasteiger partial charge in [0.05, 0.1) is 30.2 Å². The van der Waals surface area contributed by atoms with Gasteiger partial charge in [0.25, 0.3) is 5.56 Å². The Labute approximate surface area is 217 Å². The summed E-state index contributed by atoms with van der Waals surface area (Å²) in [6.45, 7) is -1.35. The minimum Gasteiger partial charge on any atom is -0.369 e. The number of ether oxygens (including phenoxy) is 2. The third kappa shape index (κ3) is 8.43. The van der Waals surface area contributed by atoms with Gasteiger partial charge >= 0.3 is 23.5 Å². The zero-order valence-electron chi connectivity index (χ0n) is 19.3. The van der Waals surface area contributed by atoms with Crippen LogP contribution in [0.25, 0.3) is 21.5 Å². The van der Waals surface area contributed by atoms with Crippen LogP contribution in [0.3, 0.4) is 0 Å². The van der Waals surface area contributed by atoms with Crippen LogP contribution < -0.4 is 17.0 Å². The first-order valence-electron chi connectivity index (χ1n) is 10.3. The van der Waals surface area contributed by atoms with E-state index in [9.17, 15) is 28.3 Å². The van der Waals surface area contributed by atoms with Gasteiger partial charge in [-0.15, -0.1) is 0 Å². The van der Waals surface area contributed by atoms with E-state index >= 15 is 0 Å². The van der Waals surface area contributed by atoms with Gasteiger partial charge in [0, 0.05) is 17.5 Å². The topological polar surface area (TPSA) is 330 Å². The summed E-state index contributed by atoms with van der Waals surface area (Å²) in [4.78, 5) is 57.9. The highest BCUT2D eigenvalue weighted by molar-refractivity contribution is 7.66. The second-order valence-corrected chi connectivity index (χ2v) is 11.8. The molecule has 2 aromatic heterocycles. The number of nitrogens with one attached hydrogen (secondary N) is 1. The van der Waals surface area contributed by atoms with Gasteiger partial charge in [-0.3, -0.25) is 14.3 Å². The van der Waals surface area contributed by atoms with E-state index < -0.39 is 60.8 Å². The first-order chi connectivity index (χ1) is 18.1. The lowest BCUT2D eigenvalue weighted by molar-refractivity contribution is -0.0581. The number of rotatable bonds is 11. The van der Waals surface area contributed by atoms with E-state index in [2.05, 4.69) is 45.0 Å². The molecule has 1 aliphatic rings. The van der Waals surface area contributed by atoms with Crippen molar-refractivity contribution in [3.05, 3.63) is 32.6 Å². The van der Waals surface area contributed by atoms with Gasteiger partial charge in [0.2, 0.25) is 5.95 Å². The summed E-state index contributed by atoms with van der Waals surface area (Å²) in [6.07, 6.45) is -1.82. The number of aromatic amines is 1. The molecule has 39 heavy (non-hydrogen) atoms. The summed E-state index contributed by atoms with van der Waals surface area (Å²) in [5.41, 5.74) is 19.3. The lowest BCUT2D eigenvalue weighted by Crippen LogP contribution is -2.29. The Kier molecular flexibility index (Phi) is 9.73. The molecule has 21 nitrogen and oxygen atoms in total. The van der Waals surface area contributed by atoms with E-state index in [4.69, 9.17) is 36.3 Å². The highest BCUT2D eigenvalue weighted by Crippen LogP contribution is 2.66. The average Bonchev–Trinajstić information content (AvgIpc) is 3.35. The van der Waals surface area contributed by atoms with Gasteiger partial charge in [0.1, 0.15) is 19.1 Å². The smallest absolute Gasteiger partial charge is 0.369 e. The molecule has 0 aromatic carbocycles. The fraction of sp³-hybridized carbons (Fsp3) is 0.467. The van der Waals surface area contributed by atoms with Gasteiger partial charge in [-0.05, 0) is 5.53 Å². The fourth-order valence-electron chi connectivity index (χ4n) is 3.46. The van der Waals surface area contributed by atoms with Crippen LogP contribution in [0.4, 0.5) is 5.95 Å². The summed E-state index contributed by atoms with van der Waals surface area (Å²) in [7, 11) is -16.8. The van der Waals surface area contributed by atoms with Crippen molar-refractivity contribution in [1.82, 2.24) is 14.5 Å². The second kappa shape index (κ2) is 12.3. The van der Waals surface area contributed by atoms with Crippen LogP contribution >= 0.6 is 23.5 Å². The van der Waals surface area contributed by atoms with Gasteiger partial charge in [-0.25, -0.2) is 13.7 Å². The highest BCUT2D eigenvalue weighted by Gasteiger charge is 2.43. The molecule has 0 spiro atoms. The third-order valence-corrected chi connectivity index (χ3v) is 8.55. The van der Waals surface area contributed by atoms with Crippen LogP contribution in [0.15, 0.2) is 16.1 Å². The largest absolute Gasteiger partial charge is 0.490 e. The molecule has 0 aliphatic carbocycles. The summed E-state index contributed by atoms with van der Waals surface area (Å²) in [5.74, 6) is 5.12. The van der Waals surface area contributed by atoms with Gasteiger partial charge in [0.15, 0.2) is 5.65 Å². The maximum atomic E-state index is 12.5. The van der Waals surface area contributed by atoms with E-state index in [0.29, 0.717) is 0 Å². The van der Waals surface area contributed by atoms with Crippen molar-refractivity contribution in [2.24, 2.45) is 10.8 Å². The van der Waals surface area contributed by atoms with Crippen LogP contribution in [-0.2, 0) is 36.3 Å². The summed E-state index contributed by atoms with van der Waals surface area (Å²) >= 11 is 0. The minimum absolute atomic E-state index is 0.00902. The van der Waals surface area contributed by atoms with E-state index in [1.807, 2.05) is 0 Å². The molecular formula is C15H21N8O13P3. The van der Waals surface area contributed by atoms with E-state index in [1.54, 1.807) is 0 Å². The molecule has 1 aliphatic heterocycles. The van der Waals surface area contributed by atoms with Crippen LogP contribution in [0.1, 0.15) is 18.2 Å². The van der Waals surface area contributed by atoms with Crippen molar-refractivity contribution in [2.45, 2.75) is 24.9 Å². The molecule has 214 valence electrons. The number of aromatic nitrogens is 3. The Morgan fingerprint density at radius 3 is 2.64 bits per heavy atom. The summed E-state index contributed by atoms with van der Waals surface area (Å²) in [5, 5.41) is 3.30. The SMILES string of the molecule is [N-]=[N+]=NCOC1CC(n2cc(C#CCN)c3c(=O)[nH]c(N)nc32)OC1COP(=O)(O)OP(=O)(O)OP(=O)(O)O. The molecule has 1 fully saturated rings. The van der Waals surface area contributed by atoms with Gasteiger partial charge in [-0.2, -0.15) is 13.6 Å². The summed E-state index contributed by atoms with van der Waals surface area (Å²) < 4.78 is 59.1. The van der Waals surface area contributed by atoms with E-state index in [0.717, 1.165) is 0 Å². The maximum absolute atomic E-state index is 12.5. The number of nitrogens with two attached hydrogens (primary N) is 2. The fourth-order valence-corrected chi connectivity index (χ4v) is 6.49. The molecule has 9 N–H and O–H groups in total. The number of phosphoric ester groups is 1. The number of nitrogens with zero attached hydrogens (tertiary/aromatic N) is 5. The van der Waals surface area contributed by atoms with Crippen molar-refractivity contribution < 1.29 is 55.9 Å². The van der Waals surface area contributed by atoms with Crippen LogP contribution in [0.2, 0.25) is 0 Å². The molecule has 0 saturated carbocycles. The zero-order chi connectivity index (χ0) is 29.0. The first-order valence-corrected chi connectivity index (χ1v) is 14.8. The molecule has 0 radical (unpaired) electrons. The van der Waals surface area contributed by atoms with Crippen LogP contribution in [0.5, 0.6) is 0 Å².